The molecule has 0 atom stereocenters. The number of hydrogen-bond acceptors (Lipinski definition) is 0. The molecule has 0 aromatic rings. The largest absolute Gasteiger partial charge is 0.248 e. The van der Waals surface area contributed by atoms with Crippen molar-refractivity contribution in [3.8, 4) is 0 Å². The Kier molecular flexibility index (Phi) is 2.14. The molecular weight excluding hydrogens is 129 g/mol. The molecule has 0 aliphatic heterocycles. The van der Waals surface area contributed by atoms with Crippen LogP contribution in [0.25, 0.3) is 0 Å². The Morgan fingerprint density at radius 3 is 1.33 bits per heavy atom. The fourth-order valence-corrected chi connectivity index (χ4v) is 0.738. The van der Waals surface area contributed by atoms with E-state index in [-0.39, 0.29) is 0 Å². The first-order valence-corrected chi connectivity index (χ1v) is 2.77. The molecule has 0 radical (unpaired) electrons. The number of halogens is 3. The van der Waals surface area contributed by atoms with Crippen molar-refractivity contribution in [1.29, 1.82) is 0 Å². The zero-order chi connectivity index (χ0) is 7.71. The second kappa shape index (κ2) is 2.20. The van der Waals surface area contributed by atoms with E-state index in [1.165, 1.54) is 0 Å². The van der Waals surface area contributed by atoms with Gasteiger partial charge >= 0.3 is 0 Å². The first-order valence-electron chi connectivity index (χ1n) is 2.77. The molecular formula is C6H11F3. The molecule has 0 aliphatic rings. The highest BCUT2D eigenvalue weighted by Gasteiger charge is 2.31. The SMILES string of the molecule is CC(C)(F)CC(C)(F)F. The molecule has 0 bridgehead atoms. The maximum Gasteiger partial charge on any atom is 0.248 e. The van der Waals surface area contributed by atoms with Crippen molar-refractivity contribution in [2.24, 2.45) is 0 Å². The summed E-state index contributed by atoms with van der Waals surface area (Å²) in [7, 11) is 0. The van der Waals surface area contributed by atoms with Gasteiger partial charge in [0.15, 0.2) is 0 Å². The standard InChI is InChI=1S/C6H11F3/c1-5(2,7)4-6(3,8)9/h4H2,1-3H3. The lowest BCUT2D eigenvalue weighted by molar-refractivity contribution is -0.0303. The van der Waals surface area contributed by atoms with Crippen LogP contribution in [-0.2, 0) is 0 Å². The second-order valence-electron chi connectivity index (χ2n) is 2.97. The van der Waals surface area contributed by atoms with Crippen LogP contribution in [0.4, 0.5) is 13.2 Å². The molecule has 56 valence electrons. The van der Waals surface area contributed by atoms with Gasteiger partial charge in [0.25, 0.3) is 0 Å². The average molecular weight is 140 g/mol. The first-order chi connectivity index (χ1) is 3.71. The van der Waals surface area contributed by atoms with Crippen molar-refractivity contribution >= 4 is 0 Å². The predicted octanol–water partition coefficient (Wildman–Crippen LogP) is 2.78. The summed E-state index contributed by atoms with van der Waals surface area (Å²) in [5.74, 6) is -2.89. The highest BCUT2D eigenvalue weighted by molar-refractivity contribution is 4.73. The lowest BCUT2D eigenvalue weighted by Crippen LogP contribution is -2.24. The van der Waals surface area contributed by atoms with E-state index in [0.717, 1.165) is 13.8 Å². The number of alkyl halides is 3. The van der Waals surface area contributed by atoms with E-state index in [4.69, 9.17) is 0 Å². The number of hydrogen-bond donors (Lipinski definition) is 0. The molecule has 0 N–H and O–H groups in total. The molecule has 0 aromatic carbocycles. The van der Waals surface area contributed by atoms with E-state index in [1.54, 1.807) is 0 Å². The van der Waals surface area contributed by atoms with E-state index in [1.807, 2.05) is 0 Å². The zero-order valence-corrected chi connectivity index (χ0v) is 5.84. The molecule has 0 amide bonds. The van der Waals surface area contributed by atoms with Gasteiger partial charge in [0.2, 0.25) is 5.92 Å². The molecule has 0 unspecified atom stereocenters. The zero-order valence-electron chi connectivity index (χ0n) is 5.84. The second-order valence-corrected chi connectivity index (χ2v) is 2.97. The van der Waals surface area contributed by atoms with Crippen LogP contribution in [0.15, 0.2) is 0 Å². The Morgan fingerprint density at radius 1 is 1.00 bits per heavy atom. The highest BCUT2D eigenvalue weighted by atomic mass is 19.3. The van der Waals surface area contributed by atoms with Crippen molar-refractivity contribution < 1.29 is 13.2 Å². The smallest absolute Gasteiger partial charge is 0.244 e. The minimum Gasteiger partial charge on any atom is -0.244 e. The lowest BCUT2D eigenvalue weighted by Gasteiger charge is -2.18. The maximum atomic E-state index is 12.4. The molecule has 0 nitrogen and oxygen atoms in total. The van der Waals surface area contributed by atoms with E-state index in [9.17, 15) is 13.2 Å². The molecule has 0 heterocycles. The van der Waals surface area contributed by atoms with Crippen molar-refractivity contribution in [1.82, 2.24) is 0 Å². The Balaban J connectivity index is 3.75. The van der Waals surface area contributed by atoms with Crippen LogP contribution in [-0.4, -0.2) is 11.6 Å². The summed E-state index contributed by atoms with van der Waals surface area (Å²) >= 11 is 0. The normalized spacial score (nSPS) is 14.0. The Labute approximate surface area is 53.1 Å². The lowest BCUT2D eigenvalue weighted by atomic mass is 10.0. The van der Waals surface area contributed by atoms with Gasteiger partial charge in [0.1, 0.15) is 5.67 Å². The van der Waals surface area contributed by atoms with Gasteiger partial charge in [-0.05, 0) is 20.8 Å². The molecule has 3 heteroatoms. The molecule has 0 saturated heterocycles. The Bertz CT molecular complexity index is 73.5. The van der Waals surface area contributed by atoms with Gasteiger partial charge in [0, 0.05) is 6.42 Å². The van der Waals surface area contributed by atoms with Gasteiger partial charge in [-0.1, -0.05) is 0 Å². The average Bonchev–Trinajstić information content (AvgIpc) is 1.14. The van der Waals surface area contributed by atoms with Crippen LogP contribution in [0, 0.1) is 0 Å². The highest BCUT2D eigenvalue weighted by Crippen LogP contribution is 2.27. The van der Waals surface area contributed by atoms with Crippen LogP contribution >= 0.6 is 0 Å². The molecule has 0 fully saturated rings. The summed E-state index contributed by atoms with van der Waals surface area (Å²) in [6, 6.07) is 0. The summed E-state index contributed by atoms with van der Waals surface area (Å²) < 4.78 is 36.4. The molecule has 0 saturated carbocycles. The molecule has 0 spiro atoms. The van der Waals surface area contributed by atoms with E-state index < -0.39 is 18.0 Å². The fraction of sp³-hybridized carbons (Fsp3) is 1.00. The van der Waals surface area contributed by atoms with Crippen molar-refractivity contribution in [3.05, 3.63) is 0 Å². The van der Waals surface area contributed by atoms with Gasteiger partial charge in [-0.2, -0.15) is 0 Å². The van der Waals surface area contributed by atoms with Gasteiger partial charge < -0.3 is 0 Å². The number of rotatable bonds is 2. The van der Waals surface area contributed by atoms with Gasteiger partial charge in [-0.15, -0.1) is 0 Å². The van der Waals surface area contributed by atoms with Gasteiger partial charge in [-0.3, -0.25) is 0 Å². The van der Waals surface area contributed by atoms with Crippen LogP contribution in [0.2, 0.25) is 0 Å². The summed E-state index contributed by atoms with van der Waals surface area (Å²) in [6.45, 7) is 3.00. The van der Waals surface area contributed by atoms with Crippen LogP contribution < -0.4 is 0 Å². The summed E-state index contributed by atoms with van der Waals surface area (Å²) in [4.78, 5) is 0. The van der Waals surface area contributed by atoms with E-state index in [2.05, 4.69) is 0 Å². The van der Waals surface area contributed by atoms with Crippen LogP contribution in [0.5, 0.6) is 0 Å². The molecule has 0 aliphatic carbocycles. The van der Waals surface area contributed by atoms with Crippen molar-refractivity contribution in [2.45, 2.75) is 38.8 Å². The van der Waals surface area contributed by atoms with Crippen LogP contribution in [0.1, 0.15) is 27.2 Å². The minimum atomic E-state index is -2.89. The maximum absolute atomic E-state index is 12.4. The van der Waals surface area contributed by atoms with Crippen molar-refractivity contribution in [3.63, 3.8) is 0 Å². The topological polar surface area (TPSA) is 0 Å². The third-order valence-electron chi connectivity index (χ3n) is 0.731. The third kappa shape index (κ3) is 7.79. The molecule has 0 aromatic heterocycles. The van der Waals surface area contributed by atoms with Gasteiger partial charge in [-0.25, -0.2) is 13.2 Å². The Morgan fingerprint density at radius 2 is 1.33 bits per heavy atom. The van der Waals surface area contributed by atoms with Gasteiger partial charge in [0.05, 0.1) is 0 Å². The van der Waals surface area contributed by atoms with E-state index in [0.29, 0.717) is 6.92 Å². The minimum absolute atomic E-state index is 0.708. The van der Waals surface area contributed by atoms with E-state index >= 15 is 0 Å². The monoisotopic (exact) mass is 140 g/mol. The van der Waals surface area contributed by atoms with Crippen molar-refractivity contribution in [2.75, 3.05) is 0 Å². The Hall–Kier alpha value is -0.210. The van der Waals surface area contributed by atoms with Crippen LogP contribution in [0.3, 0.4) is 0 Å². The predicted molar refractivity (Wildman–Crippen MR) is 30.4 cm³/mol. The summed E-state index contributed by atoms with van der Waals surface area (Å²) in [6.07, 6.45) is -0.708. The third-order valence-corrected chi connectivity index (χ3v) is 0.731. The summed E-state index contributed by atoms with van der Waals surface area (Å²) in [5, 5.41) is 0. The summed E-state index contributed by atoms with van der Waals surface area (Å²) in [5.41, 5.74) is -1.77. The quantitative estimate of drug-likeness (QED) is 0.553. The first kappa shape index (κ1) is 8.79. The molecule has 0 rings (SSSR count). The molecule has 9 heavy (non-hydrogen) atoms. The fourth-order valence-electron chi connectivity index (χ4n) is 0.738.